The lowest BCUT2D eigenvalue weighted by Crippen LogP contribution is -2.38. The van der Waals surface area contributed by atoms with Crippen molar-refractivity contribution in [2.45, 2.75) is 30.7 Å². The maximum absolute atomic E-state index is 12.5. The summed E-state index contributed by atoms with van der Waals surface area (Å²) < 4.78 is 26.3. The lowest BCUT2D eigenvalue weighted by Gasteiger charge is -2.21. The summed E-state index contributed by atoms with van der Waals surface area (Å²) in [5, 5.41) is 3.28. The van der Waals surface area contributed by atoms with E-state index in [-0.39, 0.29) is 16.7 Å². The summed E-state index contributed by atoms with van der Waals surface area (Å²) in [5.41, 5.74) is 0.415. The molecule has 1 aromatic carbocycles. The molecule has 1 unspecified atom stereocenters. The normalized spacial score (nSPS) is 19.4. The second kappa shape index (κ2) is 6.03. The van der Waals surface area contributed by atoms with Crippen molar-refractivity contribution in [3.8, 4) is 0 Å². The third-order valence-corrected chi connectivity index (χ3v) is 5.41. The highest BCUT2D eigenvalue weighted by molar-refractivity contribution is 7.89. The Hall–Kier alpha value is -1.24. The fraction of sp³-hybridized carbons (Fsp3) is 0.500. The highest BCUT2D eigenvalue weighted by Crippen LogP contribution is 2.18. The monoisotopic (exact) mass is 296 g/mol. The molecule has 1 saturated heterocycles. The van der Waals surface area contributed by atoms with Crippen LogP contribution >= 0.6 is 0 Å². The van der Waals surface area contributed by atoms with Crippen molar-refractivity contribution in [1.82, 2.24) is 9.62 Å². The zero-order valence-corrected chi connectivity index (χ0v) is 12.6. The van der Waals surface area contributed by atoms with Crippen molar-refractivity contribution in [2.75, 3.05) is 20.1 Å². The summed E-state index contributed by atoms with van der Waals surface area (Å²) in [4.78, 5) is 11.5. The van der Waals surface area contributed by atoms with Crippen LogP contribution in [0.3, 0.4) is 0 Å². The number of carbonyl (C=O) groups is 1. The Balaban J connectivity index is 2.20. The fourth-order valence-electron chi connectivity index (χ4n) is 2.38. The van der Waals surface area contributed by atoms with Crippen LogP contribution < -0.4 is 5.32 Å². The molecule has 5 nitrogen and oxygen atoms in total. The number of nitrogens with zero attached hydrogens (tertiary/aromatic N) is 1. The van der Waals surface area contributed by atoms with Gasteiger partial charge in [-0.15, -0.1) is 0 Å². The van der Waals surface area contributed by atoms with E-state index in [2.05, 4.69) is 5.32 Å². The van der Waals surface area contributed by atoms with Crippen LogP contribution in [0.1, 0.15) is 30.1 Å². The van der Waals surface area contributed by atoms with Crippen molar-refractivity contribution >= 4 is 15.8 Å². The molecule has 20 heavy (non-hydrogen) atoms. The van der Waals surface area contributed by atoms with Gasteiger partial charge in [0.2, 0.25) is 10.0 Å². The van der Waals surface area contributed by atoms with Gasteiger partial charge in [0.15, 0.2) is 5.78 Å². The number of sulfonamides is 1. The molecule has 1 atom stereocenters. The molecule has 0 aliphatic carbocycles. The first-order valence-electron chi connectivity index (χ1n) is 6.72. The largest absolute Gasteiger partial charge is 0.313 e. The lowest BCUT2D eigenvalue weighted by atomic mass is 10.2. The van der Waals surface area contributed by atoms with Gasteiger partial charge < -0.3 is 5.32 Å². The van der Waals surface area contributed by atoms with Crippen molar-refractivity contribution in [2.24, 2.45) is 0 Å². The van der Waals surface area contributed by atoms with E-state index in [0.29, 0.717) is 12.1 Å². The van der Waals surface area contributed by atoms with Gasteiger partial charge in [-0.3, -0.25) is 4.79 Å². The van der Waals surface area contributed by atoms with E-state index in [1.165, 1.54) is 23.4 Å². The van der Waals surface area contributed by atoms with Gasteiger partial charge in [0.1, 0.15) is 0 Å². The van der Waals surface area contributed by atoms with Gasteiger partial charge >= 0.3 is 0 Å². The van der Waals surface area contributed by atoms with Crippen LogP contribution in [0.5, 0.6) is 0 Å². The highest BCUT2D eigenvalue weighted by Gasteiger charge is 2.25. The van der Waals surface area contributed by atoms with Crippen LogP contribution in [0.15, 0.2) is 29.2 Å². The second-order valence-corrected chi connectivity index (χ2v) is 7.21. The molecule has 0 bridgehead atoms. The third kappa shape index (κ3) is 3.26. The molecule has 1 fully saturated rings. The van der Waals surface area contributed by atoms with Gasteiger partial charge in [0, 0.05) is 25.2 Å². The molecule has 2 rings (SSSR count). The van der Waals surface area contributed by atoms with Crippen molar-refractivity contribution < 1.29 is 13.2 Å². The van der Waals surface area contributed by atoms with Crippen molar-refractivity contribution in [3.05, 3.63) is 29.8 Å². The first kappa shape index (κ1) is 15.2. The molecular weight excluding hydrogens is 276 g/mol. The molecule has 0 spiro atoms. The minimum atomic E-state index is -3.54. The molecule has 1 heterocycles. The number of Topliss-reactive ketones (excluding diaryl/α,β-unsaturated/α-hetero) is 1. The van der Waals surface area contributed by atoms with E-state index in [1.54, 1.807) is 19.2 Å². The first-order valence-corrected chi connectivity index (χ1v) is 8.16. The lowest BCUT2D eigenvalue weighted by molar-refractivity contribution is 0.101. The zero-order valence-electron chi connectivity index (χ0n) is 11.8. The first-order chi connectivity index (χ1) is 9.41. The Morgan fingerprint density at radius 3 is 2.80 bits per heavy atom. The van der Waals surface area contributed by atoms with E-state index >= 15 is 0 Å². The van der Waals surface area contributed by atoms with Gasteiger partial charge in [0.05, 0.1) is 4.90 Å². The van der Waals surface area contributed by atoms with Crippen LogP contribution in [-0.4, -0.2) is 44.7 Å². The highest BCUT2D eigenvalue weighted by atomic mass is 32.2. The topological polar surface area (TPSA) is 66.5 Å². The summed E-state index contributed by atoms with van der Waals surface area (Å²) in [7, 11) is -1.96. The maximum Gasteiger partial charge on any atom is 0.242 e. The van der Waals surface area contributed by atoms with Gasteiger partial charge in [0.25, 0.3) is 0 Å². The summed E-state index contributed by atoms with van der Waals surface area (Å²) >= 11 is 0. The molecule has 6 heteroatoms. The Morgan fingerprint density at radius 2 is 2.20 bits per heavy atom. The Morgan fingerprint density at radius 1 is 1.45 bits per heavy atom. The molecule has 1 aromatic rings. The SMILES string of the molecule is CC(=O)c1cccc(S(=O)(=O)N(C)CC2CCCN2)c1. The molecule has 0 radical (unpaired) electrons. The standard InChI is InChI=1S/C14H20N2O3S/c1-11(17)12-5-3-7-14(9-12)20(18,19)16(2)10-13-6-4-8-15-13/h3,5,7,9,13,15H,4,6,8,10H2,1-2H3. The molecule has 110 valence electrons. The zero-order chi connectivity index (χ0) is 14.8. The van der Waals surface area contributed by atoms with Crippen LogP contribution in [0.4, 0.5) is 0 Å². The molecule has 1 N–H and O–H groups in total. The minimum Gasteiger partial charge on any atom is -0.313 e. The second-order valence-electron chi connectivity index (χ2n) is 5.16. The number of rotatable bonds is 5. The Bertz CT molecular complexity index is 592. The van der Waals surface area contributed by atoms with E-state index in [9.17, 15) is 13.2 Å². The van der Waals surface area contributed by atoms with E-state index in [1.807, 2.05) is 0 Å². The summed E-state index contributed by atoms with van der Waals surface area (Å²) in [6.07, 6.45) is 2.08. The fourth-order valence-corrected chi connectivity index (χ4v) is 3.64. The van der Waals surface area contributed by atoms with Gasteiger partial charge in [-0.05, 0) is 38.4 Å². The average Bonchev–Trinajstić information content (AvgIpc) is 2.91. The third-order valence-electron chi connectivity index (χ3n) is 3.59. The van der Waals surface area contributed by atoms with Crippen LogP contribution in [0.25, 0.3) is 0 Å². The number of carbonyl (C=O) groups excluding carboxylic acids is 1. The average molecular weight is 296 g/mol. The molecule has 1 aliphatic rings. The number of benzene rings is 1. The number of ketones is 1. The van der Waals surface area contributed by atoms with Gasteiger partial charge in [-0.25, -0.2) is 8.42 Å². The molecule has 0 aromatic heterocycles. The smallest absolute Gasteiger partial charge is 0.242 e. The summed E-state index contributed by atoms with van der Waals surface area (Å²) in [6.45, 7) is 2.82. The van der Waals surface area contributed by atoms with E-state index in [4.69, 9.17) is 0 Å². The van der Waals surface area contributed by atoms with Crippen LogP contribution in [0, 0.1) is 0 Å². The van der Waals surface area contributed by atoms with Gasteiger partial charge in [-0.1, -0.05) is 12.1 Å². The van der Waals surface area contributed by atoms with Crippen LogP contribution in [-0.2, 0) is 10.0 Å². The van der Waals surface area contributed by atoms with Crippen LogP contribution in [0.2, 0.25) is 0 Å². The summed E-state index contributed by atoms with van der Waals surface area (Å²) in [5.74, 6) is -0.137. The quantitative estimate of drug-likeness (QED) is 0.831. The predicted molar refractivity (Wildman–Crippen MR) is 77.3 cm³/mol. The maximum atomic E-state index is 12.5. The molecular formula is C14H20N2O3S. The molecule has 1 aliphatic heterocycles. The number of hydrogen-bond acceptors (Lipinski definition) is 4. The Labute approximate surface area is 120 Å². The van der Waals surface area contributed by atoms with Crippen molar-refractivity contribution in [3.63, 3.8) is 0 Å². The summed E-state index contributed by atoms with van der Waals surface area (Å²) in [6, 6.07) is 6.41. The predicted octanol–water partition coefficient (Wildman–Crippen LogP) is 1.26. The Kier molecular flexibility index (Phi) is 4.57. The minimum absolute atomic E-state index is 0.137. The number of hydrogen-bond donors (Lipinski definition) is 1. The van der Waals surface area contributed by atoms with Gasteiger partial charge in [-0.2, -0.15) is 4.31 Å². The van der Waals surface area contributed by atoms with Crippen molar-refractivity contribution in [1.29, 1.82) is 0 Å². The van der Waals surface area contributed by atoms with E-state index < -0.39 is 10.0 Å². The van der Waals surface area contributed by atoms with E-state index in [0.717, 1.165) is 19.4 Å². The molecule has 0 saturated carbocycles. The number of nitrogens with one attached hydrogen (secondary N) is 1. The molecule has 0 amide bonds. The number of likely N-dealkylation sites (N-methyl/N-ethyl adjacent to an activating group) is 1.